The maximum atomic E-state index is 13.2. The van der Waals surface area contributed by atoms with Crippen molar-refractivity contribution >= 4 is 37.8 Å². The Morgan fingerprint density at radius 2 is 1.74 bits per heavy atom. The molecular formula is C22H23Br2NO2. The first kappa shape index (κ1) is 19.2. The van der Waals surface area contributed by atoms with Crippen LogP contribution >= 0.6 is 31.9 Å². The van der Waals surface area contributed by atoms with Gasteiger partial charge in [-0.1, -0.05) is 28.1 Å². The fourth-order valence-corrected chi connectivity index (χ4v) is 5.34. The highest BCUT2D eigenvalue weighted by atomic mass is 79.9. The van der Waals surface area contributed by atoms with Crippen molar-refractivity contribution in [3.8, 4) is 11.1 Å². The van der Waals surface area contributed by atoms with E-state index in [1.54, 1.807) is 0 Å². The van der Waals surface area contributed by atoms with E-state index in [-0.39, 0.29) is 11.4 Å². The van der Waals surface area contributed by atoms with E-state index in [2.05, 4.69) is 61.4 Å². The lowest BCUT2D eigenvalue weighted by molar-refractivity contribution is 0.00657. The molecule has 0 unspecified atom stereocenters. The van der Waals surface area contributed by atoms with Crippen LogP contribution in [0.5, 0.6) is 0 Å². The van der Waals surface area contributed by atoms with Crippen molar-refractivity contribution in [1.29, 1.82) is 0 Å². The monoisotopic (exact) mass is 491 g/mol. The molecule has 1 N–H and O–H groups in total. The Bertz CT molecular complexity index is 925. The summed E-state index contributed by atoms with van der Waals surface area (Å²) >= 11 is 7.29. The molecule has 1 aliphatic carbocycles. The SMILES string of the molecule is CC(C)(C)OC(=O)c1c(Br)ccc2c1C1(CCNCC1)c1cc(Br)ccc1-2. The number of ether oxygens (including phenoxy) is 1. The molecule has 27 heavy (non-hydrogen) atoms. The van der Waals surface area contributed by atoms with E-state index >= 15 is 0 Å². The average molecular weight is 493 g/mol. The first-order valence-electron chi connectivity index (χ1n) is 9.30. The number of fused-ring (bicyclic) bond motifs is 5. The highest BCUT2D eigenvalue weighted by Crippen LogP contribution is 2.56. The van der Waals surface area contributed by atoms with Crippen LogP contribution in [0.2, 0.25) is 0 Å². The molecule has 0 atom stereocenters. The van der Waals surface area contributed by atoms with Crippen LogP contribution in [0.1, 0.15) is 55.1 Å². The van der Waals surface area contributed by atoms with Crippen molar-refractivity contribution in [2.45, 2.75) is 44.6 Å². The zero-order chi connectivity index (χ0) is 19.4. The van der Waals surface area contributed by atoms with E-state index in [1.165, 1.54) is 11.1 Å². The van der Waals surface area contributed by atoms with Crippen molar-refractivity contribution in [3.63, 3.8) is 0 Å². The first-order chi connectivity index (χ1) is 12.7. The van der Waals surface area contributed by atoms with E-state index in [4.69, 9.17) is 4.74 Å². The zero-order valence-electron chi connectivity index (χ0n) is 15.8. The Morgan fingerprint density at radius 3 is 2.41 bits per heavy atom. The molecule has 142 valence electrons. The lowest BCUT2D eigenvalue weighted by Gasteiger charge is -2.37. The van der Waals surface area contributed by atoms with Crippen LogP contribution in [0.25, 0.3) is 11.1 Å². The van der Waals surface area contributed by atoms with Crippen molar-refractivity contribution in [3.05, 3.63) is 56.0 Å². The Morgan fingerprint density at radius 1 is 1.07 bits per heavy atom. The number of halogens is 2. The molecule has 0 aromatic heterocycles. The molecule has 0 saturated carbocycles. The molecule has 1 aliphatic heterocycles. The highest BCUT2D eigenvalue weighted by Gasteiger charge is 2.47. The van der Waals surface area contributed by atoms with Gasteiger partial charge in [0.1, 0.15) is 5.60 Å². The molecule has 1 heterocycles. The van der Waals surface area contributed by atoms with E-state index in [1.807, 2.05) is 26.8 Å². The molecule has 2 aromatic rings. The summed E-state index contributed by atoms with van der Waals surface area (Å²) in [4.78, 5) is 13.2. The molecule has 4 rings (SSSR count). The summed E-state index contributed by atoms with van der Waals surface area (Å²) in [5.41, 5.74) is 4.81. The Balaban J connectivity index is 1.99. The van der Waals surface area contributed by atoms with Crippen LogP contribution in [0.3, 0.4) is 0 Å². The summed E-state index contributed by atoms with van der Waals surface area (Å²) < 4.78 is 7.67. The molecule has 5 heteroatoms. The smallest absolute Gasteiger partial charge is 0.340 e. The van der Waals surface area contributed by atoms with E-state index in [9.17, 15) is 4.79 Å². The largest absolute Gasteiger partial charge is 0.456 e. The van der Waals surface area contributed by atoms with Crippen LogP contribution in [0.4, 0.5) is 0 Å². The summed E-state index contributed by atoms with van der Waals surface area (Å²) in [5, 5.41) is 3.47. The number of hydrogen-bond donors (Lipinski definition) is 1. The third kappa shape index (κ3) is 3.18. The minimum absolute atomic E-state index is 0.157. The average Bonchev–Trinajstić information content (AvgIpc) is 2.84. The van der Waals surface area contributed by atoms with Crippen LogP contribution in [-0.2, 0) is 10.2 Å². The fraction of sp³-hybridized carbons (Fsp3) is 0.409. The number of benzene rings is 2. The number of rotatable bonds is 1. The van der Waals surface area contributed by atoms with Gasteiger partial charge in [0.15, 0.2) is 0 Å². The Kier molecular flexibility index (Phi) is 4.76. The van der Waals surface area contributed by atoms with Gasteiger partial charge in [-0.15, -0.1) is 0 Å². The van der Waals surface area contributed by atoms with Crippen LogP contribution in [0.15, 0.2) is 39.3 Å². The van der Waals surface area contributed by atoms with Gasteiger partial charge >= 0.3 is 5.97 Å². The van der Waals surface area contributed by atoms with Gasteiger partial charge in [-0.3, -0.25) is 0 Å². The lowest BCUT2D eigenvalue weighted by Crippen LogP contribution is -2.40. The van der Waals surface area contributed by atoms with E-state index in [0.29, 0.717) is 5.56 Å². The first-order valence-corrected chi connectivity index (χ1v) is 10.9. The summed E-state index contributed by atoms with van der Waals surface area (Å²) in [7, 11) is 0. The van der Waals surface area contributed by atoms with Crippen LogP contribution < -0.4 is 5.32 Å². The molecule has 2 aromatic carbocycles. The Hall–Kier alpha value is -1.17. The predicted molar refractivity (Wildman–Crippen MR) is 115 cm³/mol. The second-order valence-corrected chi connectivity index (χ2v) is 10.1. The third-order valence-electron chi connectivity index (χ3n) is 5.48. The van der Waals surface area contributed by atoms with Crippen molar-refractivity contribution < 1.29 is 9.53 Å². The zero-order valence-corrected chi connectivity index (χ0v) is 19.0. The Labute approximate surface area is 177 Å². The van der Waals surface area contributed by atoms with Gasteiger partial charge in [-0.2, -0.15) is 0 Å². The number of piperidine rings is 1. The fourth-order valence-electron chi connectivity index (χ4n) is 4.48. The summed E-state index contributed by atoms with van der Waals surface area (Å²) in [6.45, 7) is 7.60. The van der Waals surface area contributed by atoms with Crippen LogP contribution in [-0.4, -0.2) is 24.7 Å². The van der Waals surface area contributed by atoms with Gasteiger partial charge in [0.05, 0.1) is 5.56 Å². The maximum absolute atomic E-state index is 13.2. The molecule has 1 spiro atoms. The molecule has 0 amide bonds. The predicted octanol–water partition coefficient (Wildman–Crippen LogP) is 5.82. The van der Waals surface area contributed by atoms with Gasteiger partial charge in [-0.05, 0) is 103 Å². The highest BCUT2D eigenvalue weighted by molar-refractivity contribution is 9.10. The van der Waals surface area contributed by atoms with Gasteiger partial charge in [0.2, 0.25) is 0 Å². The number of hydrogen-bond acceptors (Lipinski definition) is 3. The van der Waals surface area contributed by atoms with E-state index in [0.717, 1.165) is 46.0 Å². The quantitative estimate of drug-likeness (QED) is 0.510. The third-order valence-corrected chi connectivity index (χ3v) is 6.63. The van der Waals surface area contributed by atoms with Crippen molar-refractivity contribution in [1.82, 2.24) is 5.32 Å². The number of esters is 1. The second kappa shape index (κ2) is 6.71. The summed E-state index contributed by atoms with van der Waals surface area (Å²) in [6, 6.07) is 10.6. The van der Waals surface area contributed by atoms with Crippen molar-refractivity contribution in [2.24, 2.45) is 0 Å². The minimum Gasteiger partial charge on any atom is -0.456 e. The summed E-state index contributed by atoms with van der Waals surface area (Å²) in [6.07, 6.45) is 1.94. The topological polar surface area (TPSA) is 38.3 Å². The second-order valence-electron chi connectivity index (χ2n) is 8.37. The minimum atomic E-state index is -0.533. The normalized spacial score (nSPS) is 17.5. The molecule has 2 aliphatic rings. The van der Waals surface area contributed by atoms with Gasteiger partial charge in [-0.25, -0.2) is 4.79 Å². The number of carbonyl (C=O) groups is 1. The van der Waals surface area contributed by atoms with Gasteiger partial charge < -0.3 is 10.1 Å². The molecule has 1 saturated heterocycles. The molecule has 0 radical (unpaired) electrons. The molecule has 0 bridgehead atoms. The molecular weight excluding hydrogens is 470 g/mol. The molecule has 3 nitrogen and oxygen atoms in total. The van der Waals surface area contributed by atoms with Gasteiger partial charge in [0.25, 0.3) is 0 Å². The summed E-state index contributed by atoms with van der Waals surface area (Å²) in [5.74, 6) is -0.254. The van der Waals surface area contributed by atoms with Crippen molar-refractivity contribution in [2.75, 3.05) is 13.1 Å². The standard InChI is InChI=1S/C22H23Br2NO2/c1-21(2,3)27-20(26)18-17(24)7-6-15-14-5-4-13(23)12-16(14)22(19(15)18)8-10-25-11-9-22/h4-7,12,25H,8-11H2,1-3H3. The van der Waals surface area contributed by atoms with Gasteiger partial charge in [0, 0.05) is 14.4 Å². The molecule has 1 fully saturated rings. The number of nitrogens with one attached hydrogen (secondary N) is 1. The maximum Gasteiger partial charge on any atom is 0.340 e. The number of carbonyl (C=O) groups excluding carboxylic acids is 1. The van der Waals surface area contributed by atoms with Crippen LogP contribution in [0, 0.1) is 0 Å². The van der Waals surface area contributed by atoms with E-state index < -0.39 is 5.60 Å². The lowest BCUT2D eigenvalue weighted by atomic mass is 9.70.